The number of hydrogen-bond donors (Lipinski definition) is 1. The number of piperazine rings is 1. The average Bonchev–Trinajstić information content (AvgIpc) is 2.62. The number of esters is 1. The molecule has 142 valence electrons. The maximum Gasteiger partial charge on any atom is 0.330 e. The predicted molar refractivity (Wildman–Crippen MR) is 101 cm³/mol. The monoisotopic (exact) mass is 362 g/mol. The van der Waals surface area contributed by atoms with Crippen LogP contribution in [0.3, 0.4) is 0 Å². The van der Waals surface area contributed by atoms with Crippen molar-refractivity contribution in [2.45, 2.75) is 13.0 Å². The Bertz CT molecular complexity index is 669. The molecule has 8 nitrogen and oxygen atoms in total. The lowest BCUT2D eigenvalue weighted by molar-refractivity contribution is -0.384. The van der Waals surface area contributed by atoms with E-state index in [0.717, 1.165) is 32.7 Å². The van der Waals surface area contributed by atoms with E-state index in [1.54, 1.807) is 12.1 Å². The molecule has 1 aromatic carbocycles. The molecule has 26 heavy (non-hydrogen) atoms. The zero-order valence-corrected chi connectivity index (χ0v) is 15.5. The van der Waals surface area contributed by atoms with Crippen molar-refractivity contribution in [1.82, 2.24) is 9.80 Å². The molecule has 0 bridgehead atoms. The van der Waals surface area contributed by atoms with E-state index >= 15 is 0 Å². The summed E-state index contributed by atoms with van der Waals surface area (Å²) >= 11 is 0. The molecule has 1 fully saturated rings. The molecule has 0 aromatic heterocycles. The molecule has 1 heterocycles. The van der Waals surface area contributed by atoms with Crippen LogP contribution in [-0.2, 0) is 9.53 Å². The van der Waals surface area contributed by atoms with Crippen LogP contribution in [0.4, 0.5) is 11.4 Å². The SMILES string of the molecule is COC(=O)C=Cc1ccc(NC(C)CN2CCN(C)CC2)c([N+](=O)[O-])c1. The van der Waals surface area contributed by atoms with Gasteiger partial charge in [-0.1, -0.05) is 6.07 Å². The van der Waals surface area contributed by atoms with Crippen LogP contribution in [-0.4, -0.2) is 73.6 Å². The predicted octanol–water partition coefficient (Wildman–Crippen LogP) is 1.83. The molecule has 1 saturated heterocycles. The number of rotatable bonds is 7. The fourth-order valence-electron chi connectivity index (χ4n) is 2.89. The van der Waals surface area contributed by atoms with Gasteiger partial charge in [0.2, 0.25) is 0 Å². The minimum atomic E-state index is -0.504. The van der Waals surface area contributed by atoms with Crippen molar-refractivity contribution in [3.8, 4) is 0 Å². The highest BCUT2D eigenvalue weighted by Crippen LogP contribution is 2.27. The molecule has 0 saturated carbocycles. The molecule has 8 heteroatoms. The number of nitrogens with one attached hydrogen (secondary N) is 1. The van der Waals surface area contributed by atoms with Crippen LogP contribution in [0.5, 0.6) is 0 Å². The number of anilines is 1. The zero-order valence-electron chi connectivity index (χ0n) is 15.5. The summed E-state index contributed by atoms with van der Waals surface area (Å²) in [7, 11) is 3.39. The van der Waals surface area contributed by atoms with Gasteiger partial charge in [-0.3, -0.25) is 15.0 Å². The molecule has 0 radical (unpaired) electrons. The second-order valence-corrected chi connectivity index (χ2v) is 6.54. The third kappa shape index (κ3) is 5.82. The summed E-state index contributed by atoms with van der Waals surface area (Å²) in [5.74, 6) is -0.504. The standard InChI is InChI=1S/C18H26N4O4/c1-14(13-21-10-8-20(2)9-11-21)19-16-6-4-15(5-7-18(23)26-3)12-17(16)22(24)25/h4-7,12,14,19H,8-11,13H2,1-3H3. The lowest BCUT2D eigenvalue weighted by Crippen LogP contribution is -2.47. The van der Waals surface area contributed by atoms with Gasteiger partial charge in [0.05, 0.1) is 12.0 Å². The van der Waals surface area contributed by atoms with Gasteiger partial charge < -0.3 is 15.0 Å². The van der Waals surface area contributed by atoms with Gasteiger partial charge in [0.1, 0.15) is 5.69 Å². The molecule has 1 N–H and O–H groups in total. The van der Waals surface area contributed by atoms with Crippen LogP contribution in [0, 0.1) is 10.1 Å². The van der Waals surface area contributed by atoms with Gasteiger partial charge in [-0.05, 0) is 31.7 Å². The number of nitrogens with zero attached hydrogens (tertiary/aromatic N) is 3. The molecule has 0 spiro atoms. The summed E-state index contributed by atoms with van der Waals surface area (Å²) in [6.45, 7) is 6.92. The van der Waals surface area contributed by atoms with Crippen LogP contribution in [0.2, 0.25) is 0 Å². The number of carbonyl (C=O) groups is 1. The largest absolute Gasteiger partial charge is 0.466 e. The number of ether oxygens (including phenoxy) is 1. The second-order valence-electron chi connectivity index (χ2n) is 6.54. The van der Waals surface area contributed by atoms with E-state index in [-0.39, 0.29) is 11.7 Å². The van der Waals surface area contributed by atoms with E-state index in [1.807, 2.05) is 6.92 Å². The summed E-state index contributed by atoms with van der Waals surface area (Å²) in [6.07, 6.45) is 2.73. The van der Waals surface area contributed by atoms with E-state index in [1.165, 1.54) is 25.3 Å². The van der Waals surface area contributed by atoms with Crippen molar-refractivity contribution in [1.29, 1.82) is 0 Å². The Labute approximate surface area is 153 Å². The quantitative estimate of drug-likeness (QED) is 0.343. The minimum absolute atomic E-state index is 0.0118. The Kier molecular flexibility index (Phi) is 7.11. The van der Waals surface area contributed by atoms with Crippen LogP contribution in [0.15, 0.2) is 24.3 Å². The molecule has 1 aliphatic heterocycles. The summed E-state index contributed by atoms with van der Waals surface area (Å²) in [5, 5.41) is 14.7. The average molecular weight is 362 g/mol. The molecular formula is C18H26N4O4. The van der Waals surface area contributed by atoms with Gasteiger partial charge >= 0.3 is 5.97 Å². The number of nitro benzene ring substituents is 1. The number of nitro groups is 1. The Balaban J connectivity index is 2.04. The highest BCUT2D eigenvalue weighted by Gasteiger charge is 2.19. The topological polar surface area (TPSA) is 88.0 Å². The fraction of sp³-hybridized carbons (Fsp3) is 0.500. The third-order valence-electron chi connectivity index (χ3n) is 4.36. The first-order valence-corrected chi connectivity index (χ1v) is 8.61. The minimum Gasteiger partial charge on any atom is -0.466 e. The number of likely N-dealkylation sites (N-methyl/N-ethyl adjacent to an activating group) is 1. The third-order valence-corrected chi connectivity index (χ3v) is 4.36. The van der Waals surface area contributed by atoms with Crippen LogP contribution >= 0.6 is 0 Å². The van der Waals surface area contributed by atoms with E-state index in [9.17, 15) is 14.9 Å². The number of methoxy groups -OCH3 is 1. The number of hydrogen-bond acceptors (Lipinski definition) is 7. The Morgan fingerprint density at radius 1 is 1.38 bits per heavy atom. The van der Waals surface area contributed by atoms with Crippen LogP contribution < -0.4 is 5.32 Å². The van der Waals surface area contributed by atoms with E-state index in [2.05, 4.69) is 26.9 Å². The highest BCUT2D eigenvalue weighted by molar-refractivity contribution is 5.87. The van der Waals surface area contributed by atoms with Crippen molar-refractivity contribution in [2.75, 3.05) is 52.2 Å². The summed E-state index contributed by atoms with van der Waals surface area (Å²) in [6, 6.07) is 4.94. The molecular weight excluding hydrogens is 336 g/mol. The van der Waals surface area contributed by atoms with Crippen molar-refractivity contribution in [2.24, 2.45) is 0 Å². The molecule has 1 aromatic rings. The molecule has 0 aliphatic carbocycles. The van der Waals surface area contributed by atoms with Crippen LogP contribution in [0.1, 0.15) is 12.5 Å². The van der Waals surface area contributed by atoms with E-state index in [0.29, 0.717) is 11.3 Å². The van der Waals surface area contributed by atoms with Gasteiger partial charge in [-0.2, -0.15) is 0 Å². The van der Waals surface area contributed by atoms with Crippen molar-refractivity contribution < 1.29 is 14.5 Å². The first-order chi connectivity index (χ1) is 12.4. The van der Waals surface area contributed by atoms with Crippen molar-refractivity contribution >= 4 is 23.4 Å². The van der Waals surface area contributed by atoms with Gasteiger partial charge in [-0.25, -0.2) is 4.79 Å². The summed E-state index contributed by atoms with van der Waals surface area (Å²) in [5.41, 5.74) is 1.04. The molecule has 0 amide bonds. The van der Waals surface area contributed by atoms with E-state index in [4.69, 9.17) is 0 Å². The van der Waals surface area contributed by atoms with Gasteiger partial charge in [0.25, 0.3) is 5.69 Å². The molecule has 1 atom stereocenters. The number of carbonyl (C=O) groups excluding carboxylic acids is 1. The molecule has 2 rings (SSSR count). The maximum absolute atomic E-state index is 11.4. The Morgan fingerprint density at radius 2 is 2.08 bits per heavy atom. The van der Waals surface area contributed by atoms with Crippen LogP contribution in [0.25, 0.3) is 6.08 Å². The Morgan fingerprint density at radius 3 is 2.69 bits per heavy atom. The van der Waals surface area contributed by atoms with Gasteiger partial charge in [-0.15, -0.1) is 0 Å². The first kappa shape index (κ1) is 19.9. The van der Waals surface area contributed by atoms with Gasteiger partial charge in [0.15, 0.2) is 0 Å². The highest BCUT2D eigenvalue weighted by atomic mass is 16.6. The summed E-state index contributed by atoms with van der Waals surface area (Å²) < 4.78 is 4.53. The van der Waals surface area contributed by atoms with Crippen molar-refractivity contribution in [3.63, 3.8) is 0 Å². The van der Waals surface area contributed by atoms with Crippen molar-refractivity contribution in [3.05, 3.63) is 40.0 Å². The maximum atomic E-state index is 11.4. The zero-order chi connectivity index (χ0) is 19.1. The first-order valence-electron chi connectivity index (χ1n) is 8.61. The lowest BCUT2D eigenvalue weighted by atomic mass is 10.1. The Hall–Kier alpha value is -2.45. The smallest absolute Gasteiger partial charge is 0.330 e. The summed E-state index contributed by atoms with van der Waals surface area (Å²) in [4.78, 5) is 26.8. The fourth-order valence-corrected chi connectivity index (χ4v) is 2.89. The number of benzene rings is 1. The van der Waals surface area contributed by atoms with Gasteiger partial charge in [0, 0.05) is 50.9 Å². The van der Waals surface area contributed by atoms with E-state index < -0.39 is 10.9 Å². The molecule has 1 unspecified atom stereocenters. The lowest BCUT2D eigenvalue weighted by Gasteiger charge is -2.34. The molecule has 1 aliphatic rings. The second kappa shape index (κ2) is 9.30. The normalized spacial score (nSPS) is 17.2.